The fourth-order valence-electron chi connectivity index (χ4n) is 2.58. The molecule has 1 aromatic rings. The Hall–Kier alpha value is -2.72. The molecule has 1 fully saturated rings. The molecule has 1 aliphatic rings. The molecule has 2 rings (SSSR count). The van der Waals surface area contributed by atoms with Crippen LogP contribution in [-0.2, 0) is 14.3 Å². The van der Waals surface area contributed by atoms with Crippen molar-refractivity contribution in [3.05, 3.63) is 33.9 Å². The van der Waals surface area contributed by atoms with Crippen LogP contribution in [0.5, 0.6) is 5.75 Å². The summed E-state index contributed by atoms with van der Waals surface area (Å²) in [6, 6.07) is 4.97. The van der Waals surface area contributed by atoms with Crippen molar-refractivity contribution in [1.82, 2.24) is 4.90 Å². The monoisotopic (exact) mass is 398 g/mol. The van der Waals surface area contributed by atoms with Crippen LogP contribution >= 0.6 is 0 Å². The lowest BCUT2D eigenvalue weighted by molar-refractivity contribution is -0.385. The Labute approximate surface area is 162 Å². The number of hydrogen-bond donors (Lipinski definition) is 2. The van der Waals surface area contributed by atoms with Crippen LogP contribution in [0.1, 0.15) is 24.8 Å². The Bertz CT molecular complexity index is 647. The third kappa shape index (κ3) is 9.28. The van der Waals surface area contributed by atoms with E-state index in [2.05, 4.69) is 4.90 Å². The second-order valence-electron chi connectivity index (χ2n) is 6.20. The number of aliphatic carboxylic acids is 2. The number of hydrogen-bond acceptors (Lipinski definition) is 7. The van der Waals surface area contributed by atoms with Crippen molar-refractivity contribution in [1.29, 1.82) is 0 Å². The number of nitro groups is 1. The van der Waals surface area contributed by atoms with Gasteiger partial charge in [0.1, 0.15) is 6.61 Å². The predicted molar refractivity (Wildman–Crippen MR) is 99.7 cm³/mol. The van der Waals surface area contributed by atoms with Crippen molar-refractivity contribution in [2.24, 2.45) is 0 Å². The Kier molecular flexibility index (Phi) is 10.5. The molecule has 10 heteroatoms. The summed E-state index contributed by atoms with van der Waals surface area (Å²) in [6.07, 6.45) is 3.89. The van der Waals surface area contributed by atoms with Crippen LogP contribution in [0.15, 0.2) is 18.2 Å². The number of ether oxygens (including phenoxy) is 2. The first-order chi connectivity index (χ1) is 13.3. The number of carboxylic acid groups (broad SMARTS) is 2. The summed E-state index contributed by atoms with van der Waals surface area (Å²) >= 11 is 0. The van der Waals surface area contributed by atoms with E-state index in [1.54, 1.807) is 12.1 Å². The fraction of sp³-hybridized carbons (Fsp3) is 0.556. The Morgan fingerprint density at radius 3 is 2.32 bits per heavy atom. The Morgan fingerprint density at radius 1 is 1.11 bits per heavy atom. The lowest BCUT2D eigenvalue weighted by Gasteiger charge is -2.26. The molecule has 1 heterocycles. The third-order valence-electron chi connectivity index (χ3n) is 3.98. The van der Waals surface area contributed by atoms with Gasteiger partial charge in [0.15, 0.2) is 5.75 Å². The minimum Gasteiger partial charge on any atom is -0.484 e. The number of carboxylic acids is 2. The largest absolute Gasteiger partial charge is 0.484 e. The van der Waals surface area contributed by atoms with E-state index in [1.807, 2.05) is 6.92 Å². The van der Waals surface area contributed by atoms with Gasteiger partial charge in [-0.25, -0.2) is 9.59 Å². The molecule has 1 aromatic carbocycles. The van der Waals surface area contributed by atoms with Gasteiger partial charge in [0.2, 0.25) is 0 Å². The topological polar surface area (TPSA) is 139 Å². The van der Waals surface area contributed by atoms with E-state index in [9.17, 15) is 10.1 Å². The summed E-state index contributed by atoms with van der Waals surface area (Å²) in [4.78, 5) is 31.2. The molecule has 0 aliphatic carbocycles. The summed E-state index contributed by atoms with van der Waals surface area (Å²) in [7, 11) is 0. The van der Waals surface area contributed by atoms with Crippen molar-refractivity contribution >= 4 is 17.6 Å². The van der Waals surface area contributed by atoms with Gasteiger partial charge >= 0.3 is 17.6 Å². The molecule has 1 saturated heterocycles. The molecule has 2 N–H and O–H groups in total. The SMILES string of the molecule is Cc1ccc(OCCOCCN2CCCCC2)c([N+](=O)[O-])c1.O=C(O)C(=O)O. The highest BCUT2D eigenvalue weighted by Crippen LogP contribution is 2.27. The molecule has 0 saturated carbocycles. The first-order valence-corrected chi connectivity index (χ1v) is 8.95. The summed E-state index contributed by atoms with van der Waals surface area (Å²) < 4.78 is 11.0. The molecule has 28 heavy (non-hydrogen) atoms. The number of rotatable bonds is 8. The molecule has 0 aromatic heterocycles. The number of nitro benzene ring substituents is 1. The molecular weight excluding hydrogens is 372 g/mol. The summed E-state index contributed by atoms with van der Waals surface area (Å²) in [5, 5.41) is 25.8. The molecule has 10 nitrogen and oxygen atoms in total. The molecular formula is C18H26N2O8. The minimum absolute atomic E-state index is 0.00770. The second-order valence-corrected chi connectivity index (χ2v) is 6.20. The Balaban J connectivity index is 0.000000568. The van der Waals surface area contributed by atoms with Gasteiger partial charge in [0.05, 0.1) is 18.1 Å². The first kappa shape index (κ1) is 23.3. The molecule has 0 amide bonds. The van der Waals surface area contributed by atoms with Crippen LogP contribution in [0.25, 0.3) is 0 Å². The number of piperidine rings is 1. The van der Waals surface area contributed by atoms with Crippen molar-refractivity contribution in [2.75, 3.05) is 39.5 Å². The minimum atomic E-state index is -1.82. The van der Waals surface area contributed by atoms with Gasteiger partial charge < -0.3 is 24.6 Å². The Morgan fingerprint density at radius 2 is 1.75 bits per heavy atom. The van der Waals surface area contributed by atoms with Gasteiger partial charge in [-0.1, -0.05) is 12.5 Å². The second kappa shape index (κ2) is 12.6. The van der Waals surface area contributed by atoms with E-state index >= 15 is 0 Å². The molecule has 156 valence electrons. The quantitative estimate of drug-likeness (QED) is 0.291. The average molecular weight is 398 g/mol. The van der Waals surface area contributed by atoms with Crippen LogP contribution in [0, 0.1) is 17.0 Å². The number of nitrogens with zero attached hydrogens (tertiary/aromatic N) is 2. The van der Waals surface area contributed by atoms with E-state index in [1.165, 1.54) is 25.3 Å². The van der Waals surface area contributed by atoms with Crippen LogP contribution < -0.4 is 4.74 Å². The van der Waals surface area contributed by atoms with Gasteiger partial charge in [-0.3, -0.25) is 10.1 Å². The predicted octanol–water partition coefficient (Wildman–Crippen LogP) is 1.94. The summed E-state index contributed by atoms with van der Waals surface area (Å²) in [5.74, 6) is -3.35. The molecule has 0 radical (unpaired) electrons. The normalized spacial score (nSPS) is 13.9. The number of likely N-dealkylation sites (tertiary alicyclic amines) is 1. The zero-order chi connectivity index (χ0) is 20.9. The summed E-state index contributed by atoms with van der Waals surface area (Å²) in [5.41, 5.74) is 0.852. The summed E-state index contributed by atoms with van der Waals surface area (Å²) in [6.45, 7) is 6.54. The standard InChI is InChI=1S/C16H24N2O4.C2H2O4/c1-14-5-6-16(15(13-14)18(19)20)22-12-11-21-10-9-17-7-3-2-4-8-17;3-1(4)2(5)6/h5-6,13H,2-4,7-12H2,1H3;(H,3,4)(H,5,6). The molecule has 1 aliphatic heterocycles. The maximum Gasteiger partial charge on any atom is 0.414 e. The van der Waals surface area contributed by atoms with Gasteiger partial charge in [-0.2, -0.15) is 0 Å². The highest BCUT2D eigenvalue weighted by Gasteiger charge is 2.15. The van der Waals surface area contributed by atoms with Crippen LogP contribution in [0.4, 0.5) is 5.69 Å². The average Bonchev–Trinajstić information content (AvgIpc) is 2.66. The lowest BCUT2D eigenvalue weighted by Crippen LogP contribution is -2.32. The van der Waals surface area contributed by atoms with Gasteiger partial charge in [0, 0.05) is 12.6 Å². The third-order valence-corrected chi connectivity index (χ3v) is 3.98. The number of carbonyl (C=O) groups is 2. The van der Waals surface area contributed by atoms with Crippen molar-refractivity contribution in [2.45, 2.75) is 26.2 Å². The van der Waals surface area contributed by atoms with Gasteiger partial charge in [-0.05, 0) is 44.5 Å². The van der Waals surface area contributed by atoms with E-state index < -0.39 is 16.9 Å². The maximum atomic E-state index is 11.0. The zero-order valence-corrected chi connectivity index (χ0v) is 15.8. The highest BCUT2D eigenvalue weighted by molar-refractivity contribution is 6.27. The van der Waals surface area contributed by atoms with Gasteiger partial charge in [-0.15, -0.1) is 0 Å². The van der Waals surface area contributed by atoms with Crippen molar-refractivity contribution < 1.29 is 34.2 Å². The van der Waals surface area contributed by atoms with Gasteiger partial charge in [0.25, 0.3) is 0 Å². The van der Waals surface area contributed by atoms with E-state index in [-0.39, 0.29) is 5.69 Å². The van der Waals surface area contributed by atoms with E-state index in [0.29, 0.717) is 25.6 Å². The molecule has 0 spiro atoms. The lowest BCUT2D eigenvalue weighted by atomic mass is 10.1. The van der Waals surface area contributed by atoms with Crippen LogP contribution in [0.2, 0.25) is 0 Å². The molecule has 0 bridgehead atoms. The zero-order valence-electron chi connectivity index (χ0n) is 15.8. The van der Waals surface area contributed by atoms with E-state index in [0.717, 1.165) is 25.2 Å². The molecule has 0 unspecified atom stereocenters. The van der Waals surface area contributed by atoms with Crippen LogP contribution in [0.3, 0.4) is 0 Å². The fourth-order valence-corrected chi connectivity index (χ4v) is 2.58. The highest BCUT2D eigenvalue weighted by atomic mass is 16.6. The number of benzene rings is 1. The van der Waals surface area contributed by atoms with Crippen LogP contribution in [-0.4, -0.2) is 71.4 Å². The van der Waals surface area contributed by atoms with Crippen molar-refractivity contribution in [3.8, 4) is 5.75 Å². The maximum absolute atomic E-state index is 11.0. The smallest absolute Gasteiger partial charge is 0.414 e. The molecule has 0 atom stereocenters. The van der Waals surface area contributed by atoms with E-state index in [4.69, 9.17) is 29.3 Å². The number of aryl methyl sites for hydroxylation is 1. The van der Waals surface area contributed by atoms with Crippen molar-refractivity contribution in [3.63, 3.8) is 0 Å². The first-order valence-electron chi connectivity index (χ1n) is 8.95.